The van der Waals surface area contributed by atoms with Gasteiger partial charge in [-0.05, 0) is 12.8 Å². The van der Waals surface area contributed by atoms with Gasteiger partial charge in [-0.1, -0.05) is 0 Å². The second-order valence-corrected chi connectivity index (χ2v) is 2.89. The highest BCUT2D eigenvalue weighted by Crippen LogP contribution is 2.16. The lowest BCUT2D eigenvalue weighted by Gasteiger charge is -2.32. The molecule has 1 aliphatic rings. The zero-order valence-corrected chi connectivity index (χ0v) is 6.88. The number of hydrogen-bond acceptors (Lipinski definition) is 4. The molecule has 0 aromatic rings. The molecule has 0 unspecified atom stereocenters. The molecule has 4 nitrogen and oxygen atoms in total. The molecule has 0 radical (unpaired) electrons. The van der Waals surface area contributed by atoms with Crippen LogP contribution in [0.1, 0.15) is 12.8 Å². The van der Waals surface area contributed by atoms with Gasteiger partial charge in [0.05, 0.1) is 13.2 Å². The van der Waals surface area contributed by atoms with Crippen LogP contribution in [0.2, 0.25) is 0 Å². The molecule has 3 N–H and O–H groups in total. The Hall–Kier alpha value is -0.160. The van der Waals surface area contributed by atoms with E-state index in [2.05, 4.69) is 5.48 Å². The van der Waals surface area contributed by atoms with Crippen LogP contribution in [0.25, 0.3) is 0 Å². The molecule has 0 aliphatic heterocycles. The van der Waals surface area contributed by atoms with Crippen molar-refractivity contribution in [2.24, 2.45) is 5.73 Å². The van der Waals surface area contributed by atoms with Crippen LogP contribution in [0.15, 0.2) is 0 Å². The lowest BCUT2D eigenvalue weighted by atomic mass is 9.88. The van der Waals surface area contributed by atoms with E-state index in [1.54, 1.807) is 7.11 Å². The Morgan fingerprint density at radius 3 is 2.73 bits per heavy atom. The maximum absolute atomic E-state index is 5.58. The summed E-state index contributed by atoms with van der Waals surface area (Å²) < 4.78 is 4.81. The van der Waals surface area contributed by atoms with Crippen molar-refractivity contribution in [2.45, 2.75) is 24.9 Å². The van der Waals surface area contributed by atoms with Crippen molar-refractivity contribution in [2.75, 3.05) is 20.3 Å². The van der Waals surface area contributed by atoms with Gasteiger partial charge in [-0.15, -0.1) is 0 Å². The monoisotopic (exact) mass is 160 g/mol. The molecule has 0 heterocycles. The second kappa shape index (κ2) is 4.66. The van der Waals surface area contributed by atoms with E-state index >= 15 is 0 Å². The van der Waals surface area contributed by atoms with Gasteiger partial charge >= 0.3 is 0 Å². The molecular weight excluding hydrogens is 144 g/mol. The van der Waals surface area contributed by atoms with Crippen molar-refractivity contribution in [1.29, 1.82) is 0 Å². The van der Waals surface area contributed by atoms with E-state index in [9.17, 15) is 0 Å². The lowest BCUT2D eigenvalue weighted by Crippen LogP contribution is -2.48. The molecule has 1 rings (SSSR count). The summed E-state index contributed by atoms with van der Waals surface area (Å²) in [6.07, 6.45) is 2.04. The predicted octanol–water partition coefficient (Wildman–Crippen LogP) is -0.356. The van der Waals surface area contributed by atoms with Crippen molar-refractivity contribution < 1.29 is 9.57 Å². The molecule has 0 bridgehead atoms. The van der Waals surface area contributed by atoms with Gasteiger partial charge in [0.2, 0.25) is 0 Å². The van der Waals surface area contributed by atoms with Gasteiger partial charge in [0.25, 0.3) is 0 Å². The SMILES string of the molecule is COCCONC1CC(N)C1. The summed E-state index contributed by atoms with van der Waals surface area (Å²) in [7, 11) is 1.66. The number of nitrogens with two attached hydrogens (primary N) is 1. The van der Waals surface area contributed by atoms with Gasteiger partial charge in [-0.25, -0.2) is 0 Å². The highest BCUT2D eigenvalue weighted by molar-refractivity contribution is 4.85. The minimum Gasteiger partial charge on any atom is -0.382 e. The highest BCUT2D eigenvalue weighted by atomic mass is 16.7. The van der Waals surface area contributed by atoms with Crippen molar-refractivity contribution in [3.63, 3.8) is 0 Å². The first kappa shape index (κ1) is 8.93. The summed E-state index contributed by atoms with van der Waals surface area (Å²) in [6, 6.07) is 0.834. The maximum atomic E-state index is 5.58. The summed E-state index contributed by atoms with van der Waals surface area (Å²) in [4.78, 5) is 5.10. The highest BCUT2D eigenvalue weighted by Gasteiger charge is 2.25. The molecule has 1 saturated carbocycles. The molecule has 1 fully saturated rings. The molecule has 0 saturated heterocycles. The molecule has 0 atom stereocenters. The third-order valence-electron chi connectivity index (χ3n) is 1.81. The summed E-state index contributed by atoms with van der Waals surface area (Å²) in [5.41, 5.74) is 8.50. The van der Waals surface area contributed by atoms with Crippen LogP contribution >= 0.6 is 0 Å². The van der Waals surface area contributed by atoms with E-state index in [1.807, 2.05) is 0 Å². The molecule has 66 valence electrons. The van der Waals surface area contributed by atoms with E-state index in [1.165, 1.54) is 0 Å². The average molecular weight is 160 g/mol. The number of methoxy groups -OCH3 is 1. The van der Waals surface area contributed by atoms with Crippen LogP contribution in [0.3, 0.4) is 0 Å². The van der Waals surface area contributed by atoms with E-state index in [0.717, 1.165) is 12.8 Å². The third-order valence-corrected chi connectivity index (χ3v) is 1.81. The van der Waals surface area contributed by atoms with Crippen molar-refractivity contribution in [1.82, 2.24) is 5.48 Å². The van der Waals surface area contributed by atoms with E-state index in [0.29, 0.717) is 25.3 Å². The quantitative estimate of drug-likeness (QED) is 0.426. The largest absolute Gasteiger partial charge is 0.382 e. The Labute approximate surface area is 67.0 Å². The topological polar surface area (TPSA) is 56.5 Å². The van der Waals surface area contributed by atoms with E-state index in [-0.39, 0.29) is 0 Å². The Morgan fingerprint density at radius 1 is 1.45 bits per heavy atom. The first-order chi connectivity index (χ1) is 5.33. The smallest absolute Gasteiger partial charge is 0.0915 e. The predicted molar refractivity (Wildman–Crippen MR) is 42.0 cm³/mol. The normalized spacial score (nSPS) is 30.0. The fourth-order valence-electron chi connectivity index (χ4n) is 1.06. The number of rotatable bonds is 5. The second-order valence-electron chi connectivity index (χ2n) is 2.89. The number of hydroxylamine groups is 1. The summed E-state index contributed by atoms with van der Waals surface area (Å²) in [5, 5.41) is 0. The maximum Gasteiger partial charge on any atom is 0.0915 e. The minimum atomic E-state index is 0.374. The molecule has 0 spiro atoms. The summed E-state index contributed by atoms with van der Waals surface area (Å²) in [6.45, 7) is 1.23. The van der Waals surface area contributed by atoms with Crippen LogP contribution in [0.5, 0.6) is 0 Å². The van der Waals surface area contributed by atoms with E-state index in [4.69, 9.17) is 15.3 Å². The van der Waals surface area contributed by atoms with Gasteiger partial charge in [0.1, 0.15) is 0 Å². The molecule has 0 aromatic heterocycles. The minimum absolute atomic E-state index is 0.374. The Balaban J connectivity index is 1.81. The van der Waals surface area contributed by atoms with Crippen LogP contribution < -0.4 is 11.2 Å². The fourth-order valence-corrected chi connectivity index (χ4v) is 1.06. The fraction of sp³-hybridized carbons (Fsp3) is 1.00. The van der Waals surface area contributed by atoms with Crippen molar-refractivity contribution in [3.8, 4) is 0 Å². The van der Waals surface area contributed by atoms with Gasteiger partial charge in [0, 0.05) is 19.2 Å². The average Bonchev–Trinajstić information content (AvgIpc) is 1.94. The first-order valence-electron chi connectivity index (χ1n) is 3.94. The zero-order chi connectivity index (χ0) is 8.10. The molecule has 11 heavy (non-hydrogen) atoms. The number of nitrogens with one attached hydrogen (secondary N) is 1. The molecule has 4 heteroatoms. The molecule has 1 aliphatic carbocycles. The standard InChI is InChI=1S/C7H16N2O2/c1-10-2-3-11-9-7-4-6(8)5-7/h6-7,9H,2-5,8H2,1H3. The Bertz CT molecular complexity index is 105. The Kier molecular flexibility index (Phi) is 3.79. The first-order valence-corrected chi connectivity index (χ1v) is 3.94. The van der Waals surface area contributed by atoms with Crippen molar-refractivity contribution in [3.05, 3.63) is 0 Å². The van der Waals surface area contributed by atoms with Gasteiger partial charge in [-0.2, -0.15) is 5.48 Å². The van der Waals surface area contributed by atoms with E-state index < -0.39 is 0 Å². The summed E-state index contributed by atoms with van der Waals surface area (Å²) in [5.74, 6) is 0. The van der Waals surface area contributed by atoms with Gasteiger partial charge in [0.15, 0.2) is 0 Å². The number of ether oxygens (including phenoxy) is 1. The van der Waals surface area contributed by atoms with Gasteiger partial charge in [-0.3, -0.25) is 4.84 Å². The van der Waals surface area contributed by atoms with Crippen LogP contribution in [0, 0.1) is 0 Å². The van der Waals surface area contributed by atoms with Crippen LogP contribution in [-0.2, 0) is 9.57 Å². The lowest BCUT2D eigenvalue weighted by molar-refractivity contribution is -0.0296. The van der Waals surface area contributed by atoms with Gasteiger partial charge < -0.3 is 10.5 Å². The zero-order valence-electron chi connectivity index (χ0n) is 6.88. The van der Waals surface area contributed by atoms with Crippen molar-refractivity contribution >= 4 is 0 Å². The Morgan fingerprint density at radius 2 is 2.18 bits per heavy atom. The molecule has 0 amide bonds. The molecule has 0 aromatic carbocycles. The van der Waals surface area contributed by atoms with Crippen LogP contribution in [0.4, 0.5) is 0 Å². The third kappa shape index (κ3) is 3.16. The molecular formula is C7H16N2O2. The number of hydrogen-bond donors (Lipinski definition) is 2. The summed E-state index contributed by atoms with van der Waals surface area (Å²) >= 11 is 0. The van der Waals surface area contributed by atoms with Crippen LogP contribution in [-0.4, -0.2) is 32.4 Å².